The monoisotopic (exact) mass is 523 g/mol. The summed E-state index contributed by atoms with van der Waals surface area (Å²) in [7, 11) is 0. The topological polar surface area (TPSA) is 114 Å². The van der Waals surface area contributed by atoms with Crippen molar-refractivity contribution in [1.29, 1.82) is 0 Å². The second-order valence-electron chi connectivity index (χ2n) is 10.0. The molecule has 0 spiro atoms. The van der Waals surface area contributed by atoms with E-state index in [2.05, 4.69) is 21.0 Å². The van der Waals surface area contributed by atoms with Crippen molar-refractivity contribution in [2.75, 3.05) is 17.3 Å². The third kappa shape index (κ3) is 8.43. The number of nitrogens with zero attached hydrogens (tertiary/aromatic N) is 2. The number of hydrogen-bond donors (Lipinski definition) is 3. The first kappa shape index (κ1) is 28.4. The van der Waals surface area contributed by atoms with Crippen molar-refractivity contribution in [3.8, 4) is 0 Å². The average molecular weight is 524 g/mol. The minimum absolute atomic E-state index is 0.0814. The predicted octanol–water partition coefficient (Wildman–Crippen LogP) is 3.99. The Morgan fingerprint density at radius 1 is 1.08 bits per heavy atom. The van der Waals surface area contributed by atoms with Crippen molar-refractivity contribution in [2.45, 2.75) is 59.6 Å². The highest BCUT2D eigenvalue weighted by Gasteiger charge is 2.17. The molecule has 9 nitrogen and oxygen atoms in total. The Morgan fingerprint density at radius 2 is 1.84 bits per heavy atom. The predicted molar refractivity (Wildman–Crippen MR) is 144 cm³/mol. The molecule has 0 atom stereocenters. The van der Waals surface area contributed by atoms with Crippen molar-refractivity contribution in [3.63, 3.8) is 0 Å². The first-order chi connectivity index (χ1) is 17.9. The lowest BCUT2D eigenvalue weighted by Crippen LogP contribution is -2.35. The van der Waals surface area contributed by atoms with Gasteiger partial charge in [0.05, 0.1) is 6.42 Å². The fourth-order valence-electron chi connectivity index (χ4n) is 3.66. The Hall–Kier alpha value is -4.21. The Bertz CT molecular complexity index is 1350. The van der Waals surface area contributed by atoms with Gasteiger partial charge in [-0.25, -0.2) is 18.8 Å². The quantitative estimate of drug-likeness (QED) is 0.391. The molecule has 1 aromatic carbocycles. The molecule has 3 aromatic rings. The number of carbonyl (C=O) groups excluding carboxylic acids is 2. The lowest BCUT2D eigenvalue weighted by atomic mass is 10.1. The zero-order chi connectivity index (χ0) is 27.9. The maximum Gasteiger partial charge on any atom is 0.413 e. The van der Waals surface area contributed by atoms with Crippen molar-refractivity contribution in [3.05, 3.63) is 92.8 Å². The van der Waals surface area contributed by atoms with Gasteiger partial charge in [0.1, 0.15) is 17.2 Å². The summed E-state index contributed by atoms with van der Waals surface area (Å²) in [5.41, 5.74) is 5.77. The van der Waals surface area contributed by atoms with Crippen LogP contribution >= 0.6 is 0 Å². The van der Waals surface area contributed by atoms with Gasteiger partial charge in [-0.1, -0.05) is 12.1 Å². The maximum absolute atomic E-state index is 13.5. The number of amides is 2. The molecule has 0 aliphatic rings. The van der Waals surface area contributed by atoms with Crippen molar-refractivity contribution in [1.82, 2.24) is 15.0 Å². The van der Waals surface area contributed by atoms with E-state index in [1.54, 1.807) is 58.2 Å². The maximum atomic E-state index is 13.5. The van der Waals surface area contributed by atoms with Crippen LogP contribution in [0.15, 0.2) is 53.6 Å². The van der Waals surface area contributed by atoms with E-state index in [4.69, 9.17) is 4.74 Å². The van der Waals surface area contributed by atoms with Gasteiger partial charge in [-0.2, -0.15) is 0 Å². The van der Waals surface area contributed by atoms with Gasteiger partial charge in [0.15, 0.2) is 0 Å². The van der Waals surface area contributed by atoms with Crippen molar-refractivity contribution < 1.29 is 18.7 Å². The standard InChI is InChI=1S/C28H34FN5O4/c1-18-6-8-22(29)14-21(18)10-12-32-34-13-11-19(2)23(26(34)36)15-25(35)31-17-20-7-9-24(30-16-20)33-27(37)38-28(3,4)5/h6-9,11,13-14,16,32H,10,12,15,17H2,1-5H3,(H,31,35)(H,30,33,37). The summed E-state index contributed by atoms with van der Waals surface area (Å²) in [6.45, 7) is 9.63. The molecule has 38 heavy (non-hydrogen) atoms. The number of rotatable bonds is 9. The number of aryl methyl sites for hydroxylation is 2. The molecule has 3 rings (SSSR count). The number of carbonyl (C=O) groups is 2. The van der Waals surface area contributed by atoms with Crippen LogP contribution in [0.2, 0.25) is 0 Å². The van der Waals surface area contributed by atoms with E-state index in [0.29, 0.717) is 29.9 Å². The molecule has 2 amide bonds. The first-order valence-electron chi connectivity index (χ1n) is 12.3. The van der Waals surface area contributed by atoms with E-state index in [1.807, 2.05) is 6.92 Å². The fraction of sp³-hybridized carbons (Fsp3) is 0.357. The number of ether oxygens (including phenoxy) is 1. The highest BCUT2D eigenvalue weighted by Crippen LogP contribution is 2.12. The molecule has 0 saturated heterocycles. The number of hydrogen-bond acceptors (Lipinski definition) is 6. The third-order valence-electron chi connectivity index (χ3n) is 5.70. The zero-order valence-electron chi connectivity index (χ0n) is 22.4. The molecule has 2 heterocycles. The summed E-state index contributed by atoms with van der Waals surface area (Å²) in [5, 5.41) is 5.34. The van der Waals surface area contributed by atoms with Gasteiger partial charge in [-0.3, -0.25) is 14.9 Å². The van der Waals surface area contributed by atoms with Crippen LogP contribution in [0.3, 0.4) is 0 Å². The summed E-state index contributed by atoms with van der Waals surface area (Å²) in [6, 6.07) is 9.75. The van der Waals surface area contributed by atoms with Gasteiger partial charge in [0.2, 0.25) is 5.91 Å². The molecule has 0 saturated carbocycles. The van der Waals surface area contributed by atoms with E-state index >= 15 is 0 Å². The molecule has 0 aliphatic heterocycles. The molecule has 0 aliphatic carbocycles. The van der Waals surface area contributed by atoms with Gasteiger partial charge in [0.25, 0.3) is 5.56 Å². The van der Waals surface area contributed by atoms with E-state index in [0.717, 1.165) is 16.7 Å². The largest absolute Gasteiger partial charge is 0.444 e. The molecule has 0 radical (unpaired) electrons. The van der Waals surface area contributed by atoms with Crippen LogP contribution in [0.1, 0.15) is 48.6 Å². The van der Waals surface area contributed by atoms with Crippen molar-refractivity contribution in [2.24, 2.45) is 0 Å². The fourth-order valence-corrected chi connectivity index (χ4v) is 3.66. The highest BCUT2D eigenvalue weighted by atomic mass is 19.1. The number of benzene rings is 1. The van der Waals surface area contributed by atoms with Gasteiger partial charge in [-0.15, -0.1) is 0 Å². The Morgan fingerprint density at radius 3 is 2.53 bits per heavy atom. The molecule has 0 unspecified atom stereocenters. The number of pyridine rings is 2. The Kier molecular flexibility index (Phi) is 9.22. The van der Waals surface area contributed by atoms with E-state index in [-0.39, 0.29) is 30.2 Å². The Balaban J connectivity index is 1.54. The summed E-state index contributed by atoms with van der Waals surface area (Å²) in [6.07, 6.45) is 3.02. The normalized spacial score (nSPS) is 11.1. The van der Waals surface area contributed by atoms with Gasteiger partial charge >= 0.3 is 6.09 Å². The minimum Gasteiger partial charge on any atom is -0.444 e. The van der Waals surface area contributed by atoms with Crippen LogP contribution in [0, 0.1) is 19.7 Å². The van der Waals surface area contributed by atoms with Crippen LogP contribution < -0.4 is 21.6 Å². The van der Waals surface area contributed by atoms with Crippen LogP contribution in [-0.2, 0) is 28.9 Å². The molecule has 0 bridgehead atoms. The van der Waals surface area contributed by atoms with Gasteiger partial charge < -0.3 is 15.5 Å². The lowest BCUT2D eigenvalue weighted by molar-refractivity contribution is -0.120. The van der Waals surface area contributed by atoms with Crippen LogP contribution in [0.25, 0.3) is 0 Å². The highest BCUT2D eigenvalue weighted by molar-refractivity contribution is 5.83. The first-order valence-corrected chi connectivity index (χ1v) is 12.3. The smallest absolute Gasteiger partial charge is 0.413 e. The second kappa shape index (κ2) is 12.4. The molecule has 10 heteroatoms. The van der Waals surface area contributed by atoms with E-state index in [1.165, 1.54) is 23.0 Å². The van der Waals surface area contributed by atoms with Crippen LogP contribution in [0.5, 0.6) is 0 Å². The van der Waals surface area contributed by atoms with Crippen molar-refractivity contribution >= 4 is 17.8 Å². The summed E-state index contributed by atoms with van der Waals surface area (Å²) < 4.78 is 20.1. The molecular weight excluding hydrogens is 489 g/mol. The molecule has 2 aromatic heterocycles. The number of aromatic nitrogens is 2. The third-order valence-corrected chi connectivity index (χ3v) is 5.70. The summed E-state index contributed by atoms with van der Waals surface area (Å²) in [5.74, 6) is -0.278. The SMILES string of the molecule is Cc1ccc(F)cc1CCNn1ccc(C)c(CC(=O)NCc2ccc(NC(=O)OC(C)(C)C)nc2)c1=O. The molecule has 0 fully saturated rings. The van der Waals surface area contributed by atoms with Gasteiger partial charge in [0, 0.05) is 31.0 Å². The summed E-state index contributed by atoms with van der Waals surface area (Å²) >= 11 is 0. The van der Waals surface area contributed by atoms with Crippen LogP contribution in [0.4, 0.5) is 15.0 Å². The molecule has 3 N–H and O–H groups in total. The van der Waals surface area contributed by atoms with Crippen LogP contribution in [-0.4, -0.2) is 33.8 Å². The van der Waals surface area contributed by atoms with E-state index in [9.17, 15) is 18.8 Å². The summed E-state index contributed by atoms with van der Waals surface area (Å²) in [4.78, 5) is 41.6. The van der Waals surface area contributed by atoms with E-state index < -0.39 is 11.7 Å². The zero-order valence-corrected chi connectivity index (χ0v) is 22.4. The molecule has 202 valence electrons. The second-order valence-corrected chi connectivity index (χ2v) is 10.0. The van der Waals surface area contributed by atoms with Gasteiger partial charge in [-0.05, 0) is 87.6 Å². The number of halogens is 1. The average Bonchev–Trinajstić information content (AvgIpc) is 2.83. The lowest BCUT2D eigenvalue weighted by Gasteiger charge is -2.19. The minimum atomic E-state index is -0.618. The Labute approximate surface area is 221 Å². The number of nitrogens with one attached hydrogen (secondary N) is 3. The number of anilines is 1. The molecular formula is C28H34FN5O4.